The molecule has 120 valence electrons. The lowest BCUT2D eigenvalue weighted by atomic mass is 10.1. The van der Waals surface area contributed by atoms with Crippen molar-refractivity contribution in [1.29, 1.82) is 0 Å². The van der Waals surface area contributed by atoms with Crippen molar-refractivity contribution in [2.45, 2.75) is 0 Å². The maximum Gasteiger partial charge on any atom is 0.138 e. The highest BCUT2D eigenvalue weighted by Gasteiger charge is 2.15. The largest absolute Gasteiger partial charge is 0.506 e. The van der Waals surface area contributed by atoms with Gasteiger partial charge in [0.1, 0.15) is 11.6 Å². The molecular formula is C19H13N5O. The Morgan fingerprint density at radius 3 is 2.36 bits per heavy atom. The van der Waals surface area contributed by atoms with Gasteiger partial charge in [0.25, 0.3) is 0 Å². The third kappa shape index (κ3) is 1.94. The highest BCUT2D eigenvalue weighted by atomic mass is 16.3. The number of phenolic OH excluding ortho intramolecular Hbond substituents is 1. The molecule has 0 saturated carbocycles. The maximum atomic E-state index is 9.64. The summed E-state index contributed by atoms with van der Waals surface area (Å²) in [7, 11) is 0. The molecule has 0 atom stereocenters. The molecule has 0 amide bonds. The summed E-state index contributed by atoms with van der Waals surface area (Å²) in [6.07, 6.45) is 3.52. The number of nitrogens with one attached hydrogen (secondary N) is 1. The average Bonchev–Trinajstić information content (AvgIpc) is 3.10. The van der Waals surface area contributed by atoms with Crippen molar-refractivity contribution in [1.82, 2.24) is 19.9 Å². The second kappa shape index (κ2) is 4.91. The first-order valence-electron chi connectivity index (χ1n) is 7.82. The van der Waals surface area contributed by atoms with Gasteiger partial charge >= 0.3 is 0 Å². The van der Waals surface area contributed by atoms with Crippen LogP contribution >= 0.6 is 0 Å². The van der Waals surface area contributed by atoms with E-state index in [1.807, 2.05) is 24.3 Å². The van der Waals surface area contributed by atoms with Gasteiger partial charge in [0.15, 0.2) is 0 Å². The average molecular weight is 327 g/mol. The van der Waals surface area contributed by atoms with Crippen molar-refractivity contribution in [3.8, 4) is 17.1 Å². The number of anilines is 1. The molecule has 5 rings (SSSR count). The predicted molar refractivity (Wildman–Crippen MR) is 98.2 cm³/mol. The number of rotatable bonds is 1. The number of nitrogen functional groups attached to an aromatic ring is 1. The van der Waals surface area contributed by atoms with Crippen LogP contribution in [0.5, 0.6) is 5.75 Å². The number of nitrogens with two attached hydrogens (primary N) is 1. The maximum absolute atomic E-state index is 9.64. The zero-order valence-corrected chi connectivity index (χ0v) is 13.1. The highest BCUT2D eigenvalue weighted by Crippen LogP contribution is 2.34. The molecule has 5 aromatic rings. The molecule has 6 heteroatoms. The van der Waals surface area contributed by atoms with Crippen LogP contribution < -0.4 is 5.73 Å². The number of nitrogens with zero attached hydrogens (tertiary/aromatic N) is 3. The van der Waals surface area contributed by atoms with E-state index in [0.29, 0.717) is 11.5 Å². The molecule has 2 aromatic carbocycles. The van der Waals surface area contributed by atoms with Crippen molar-refractivity contribution >= 4 is 38.5 Å². The van der Waals surface area contributed by atoms with Gasteiger partial charge in [0, 0.05) is 28.7 Å². The van der Waals surface area contributed by atoms with Gasteiger partial charge in [-0.1, -0.05) is 0 Å². The minimum absolute atomic E-state index is 0.0594. The Kier molecular flexibility index (Phi) is 2.70. The predicted octanol–water partition coefficient (Wildman–Crippen LogP) is 3.61. The number of hydrogen-bond acceptors (Lipinski definition) is 5. The summed E-state index contributed by atoms with van der Waals surface area (Å²) in [5.41, 5.74) is 10.4. The van der Waals surface area contributed by atoms with E-state index in [2.05, 4.69) is 15.0 Å². The second-order valence-electron chi connectivity index (χ2n) is 5.88. The fourth-order valence-corrected chi connectivity index (χ4v) is 3.18. The third-order valence-electron chi connectivity index (χ3n) is 4.37. The number of aromatic nitrogens is 4. The number of imidazole rings is 1. The first-order valence-corrected chi connectivity index (χ1v) is 7.82. The molecule has 4 N–H and O–H groups in total. The van der Waals surface area contributed by atoms with Gasteiger partial charge in [0.05, 0.1) is 27.8 Å². The van der Waals surface area contributed by atoms with Crippen molar-refractivity contribution < 1.29 is 5.11 Å². The molecule has 25 heavy (non-hydrogen) atoms. The number of H-pyrrole nitrogens is 1. The molecule has 0 unspecified atom stereocenters. The van der Waals surface area contributed by atoms with E-state index < -0.39 is 0 Å². The number of aromatic amines is 1. The number of phenols is 1. The zero-order valence-electron chi connectivity index (χ0n) is 13.1. The standard InChI is InChI=1S/C19H13N5O/c20-13-9-10(5-6-14(13)25)19-23-17-11-3-1-7-21-15(11)16-12(18(17)24-19)4-2-8-22-16/h1-9,25H,20H2,(H,23,24). The lowest BCUT2D eigenvalue weighted by Crippen LogP contribution is -1.87. The van der Waals surface area contributed by atoms with E-state index in [1.165, 1.54) is 0 Å². The summed E-state index contributed by atoms with van der Waals surface area (Å²) in [6, 6.07) is 12.8. The lowest BCUT2D eigenvalue weighted by Gasteiger charge is -2.03. The van der Waals surface area contributed by atoms with Crippen LogP contribution in [0.2, 0.25) is 0 Å². The van der Waals surface area contributed by atoms with Crippen LogP contribution in [0.15, 0.2) is 54.9 Å². The monoisotopic (exact) mass is 327 g/mol. The first kappa shape index (κ1) is 13.7. The summed E-state index contributed by atoms with van der Waals surface area (Å²) in [4.78, 5) is 17.2. The van der Waals surface area contributed by atoms with Crippen LogP contribution in [0.3, 0.4) is 0 Å². The van der Waals surface area contributed by atoms with Crippen molar-refractivity contribution in [2.75, 3.05) is 5.73 Å². The van der Waals surface area contributed by atoms with Crippen molar-refractivity contribution in [3.05, 3.63) is 54.9 Å². The molecule has 6 nitrogen and oxygen atoms in total. The van der Waals surface area contributed by atoms with Gasteiger partial charge in [-0.25, -0.2) is 4.98 Å². The summed E-state index contributed by atoms with van der Waals surface area (Å²) < 4.78 is 0. The van der Waals surface area contributed by atoms with E-state index in [-0.39, 0.29) is 5.75 Å². The summed E-state index contributed by atoms with van der Waals surface area (Å²) >= 11 is 0. The Balaban J connectivity index is 1.92. The van der Waals surface area contributed by atoms with Crippen molar-refractivity contribution in [2.24, 2.45) is 0 Å². The molecule has 0 bridgehead atoms. The Hall–Kier alpha value is -3.67. The molecule has 0 aliphatic rings. The van der Waals surface area contributed by atoms with Gasteiger partial charge in [0.2, 0.25) is 0 Å². The number of benzene rings is 2. The number of pyridine rings is 2. The van der Waals surface area contributed by atoms with Crippen LogP contribution in [-0.4, -0.2) is 25.0 Å². The zero-order chi connectivity index (χ0) is 17.0. The quantitative estimate of drug-likeness (QED) is 0.248. The smallest absolute Gasteiger partial charge is 0.138 e. The van der Waals surface area contributed by atoms with Gasteiger partial charge in [-0.15, -0.1) is 0 Å². The van der Waals surface area contributed by atoms with Crippen LogP contribution in [0, 0.1) is 0 Å². The molecule has 0 saturated heterocycles. The van der Waals surface area contributed by atoms with Gasteiger partial charge in [-0.3, -0.25) is 9.97 Å². The SMILES string of the molecule is Nc1cc(-c2nc3c4cccnc4c4ncccc4c3[nH]2)ccc1O. The van der Waals surface area contributed by atoms with E-state index >= 15 is 0 Å². The van der Waals surface area contributed by atoms with Crippen molar-refractivity contribution in [3.63, 3.8) is 0 Å². The Bertz CT molecular complexity index is 1200. The van der Waals surface area contributed by atoms with Crippen LogP contribution in [0.1, 0.15) is 0 Å². The molecule has 0 aliphatic heterocycles. The number of fused-ring (bicyclic) bond motifs is 6. The van der Waals surface area contributed by atoms with E-state index in [9.17, 15) is 5.11 Å². The minimum atomic E-state index is 0.0594. The van der Waals surface area contributed by atoms with E-state index in [1.54, 1.807) is 30.6 Å². The number of hydrogen-bond donors (Lipinski definition) is 3. The van der Waals surface area contributed by atoms with E-state index in [4.69, 9.17) is 10.7 Å². The van der Waals surface area contributed by atoms with Crippen LogP contribution in [0.4, 0.5) is 5.69 Å². The number of aromatic hydroxyl groups is 1. The minimum Gasteiger partial charge on any atom is -0.506 e. The molecule has 0 spiro atoms. The molecular weight excluding hydrogens is 314 g/mol. The highest BCUT2D eigenvalue weighted by molar-refractivity contribution is 6.21. The fraction of sp³-hybridized carbons (Fsp3) is 0. The lowest BCUT2D eigenvalue weighted by molar-refractivity contribution is 0.478. The Morgan fingerprint density at radius 2 is 1.60 bits per heavy atom. The molecule has 0 aliphatic carbocycles. The Morgan fingerprint density at radius 1 is 0.880 bits per heavy atom. The second-order valence-corrected chi connectivity index (χ2v) is 5.88. The van der Waals surface area contributed by atoms with Crippen LogP contribution in [-0.2, 0) is 0 Å². The van der Waals surface area contributed by atoms with Crippen LogP contribution in [0.25, 0.3) is 44.2 Å². The first-order chi connectivity index (χ1) is 12.2. The molecule has 3 aromatic heterocycles. The summed E-state index contributed by atoms with van der Waals surface area (Å²) in [6.45, 7) is 0. The normalized spacial score (nSPS) is 11.5. The fourth-order valence-electron chi connectivity index (χ4n) is 3.18. The summed E-state index contributed by atoms with van der Waals surface area (Å²) in [5, 5.41) is 11.6. The van der Waals surface area contributed by atoms with E-state index in [0.717, 1.165) is 38.4 Å². The Labute approximate surface area is 142 Å². The van der Waals surface area contributed by atoms with Gasteiger partial charge in [-0.2, -0.15) is 0 Å². The summed E-state index contributed by atoms with van der Waals surface area (Å²) in [5.74, 6) is 0.743. The molecule has 0 radical (unpaired) electrons. The molecule has 3 heterocycles. The van der Waals surface area contributed by atoms with Gasteiger partial charge < -0.3 is 15.8 Å². The topological polar surface area (TPSA) is 101 Å². The van der Waals surface area contributed by atoms with Gasteiger partial charge in [-0.05, 0) is 42.5 Å². The third-order valence-corrected chi connectivity index (χ3v) is 4.37. The molecule has 0 fully saturated rings.